The Morgan fingerprint density at radius 3 is 2.00 bits per heavy atom. The van der Waals surface area contributed by atoms with E-state index in [0.717, 1.165) is 23.6 Å². The number of H-pyrrole nitrogens is 1. The molecule has 1 atom stereocenters. The molecule has 0 fully saturated rings. The zero-order chi connectivity index (χ0) is 30.1. The molecule has 0 unspecified atom stereocenters. The first-order valence-electron chi connectivity index (χ1n) is 13.1. The number of carbonyl (C=O) groups is 2. The van der Waals surface area contributed by atoms with Crippen molar-refractivity contribution >= 4 is 68.0 Å². The number of aliphatic hydroxyl groups excluding tert-OH is 1. The number of fused-ring (bicyclic) bond motifs is 1. The van der Waals surface area contributed by atoms with Crippen LogP contribution in [0.3, 0.4) is 0 Å². The van der Waals surface area contributed by atoms with Gasteiger partial charge in [-0.3, -0.25) is 4.79 Å². The standard InChI is InChI=1S/C21H23IN2O3.C10H11IO3/c1-13(2)27-20-8-7-15(22)10-18(20)21(26)24-16(12-25)9-14-11-23-19-6-4-3-5-17(14)19;1-6(2)14-9-4-3-7(11)5-8(9)10(12)13/h3-8,10-11,13,16,23,25H,9,12H2,1-2H3,(H,24,26);3-6H,1-2H3,(H,12,13)/t16-;/m1./s1. The number of benzene rings is 3. The number of aliphatic hydroxyl groups is 1. The minimum atomic E-state index is -0.959. The van der Waals surface area contributed by atoms with Gasteiger partial charge in [0.15, 0.2) is 0 Å². The monoisotopic (exact) mass is 784 g/mol. The molecule has 0 aliphatic heterocycles. The van der Waals surface area contributed by atoms with Crippen molar-refractivity contribution in [2.24, 2.45) is 0 Å². The maximum atomic E-state index is 12.8. The fraction of sp³-hybridized carbons (Fsp3) is 0.290. The third kappa shape index (κ3) is 9.60. The van der Waals surface area contributed by atoms with Crippen LogP contribution in [0, 0.1) is 7.14 Å². The van der Waals surface area contributed by atoms with Crippen molar-refractivity contribution in [2.75, 3.05) is 6.61 Å². The minimum Gasteiger partial charge on any atom is -0.490 e. The maximum absolute atomic E-state index is 12.8. The number of carboxylic acids is 1. The number of aromatic amines is 1. The van der Waals surface area contributed by atoms with Gasteiger partial charge in [0, 0.05) is 24.2 Å². The molecule has 218 valence electrons. The van der Waals surface area contributed by atoms with Crippen molar-refractivity contribution in [3.8, 4) is 11.5 Å². The van der Waals surface area contributed by atoms with Crippen molar-refractivity contribution in [1.29, 1.82) is 0 Å². The Balaban J connectivity index is 0.000000278. The molecule has 10 heteroatoms. The first kappa shape index (κ1) is 32.7. The van der Waals surface area contributed by atoms with Gasteiger partial charge in [0.2, 0.25) is 0 Å². The van der Waals surface area contributed by atoms with Crippen LogP contribution >= 0.6 is 45.2 Å². The summed E-state index contributed by atoms with van der Waals surface area (Å²) >= 11 is 4.24. The number of carbonyl (C=O) groups excluding carboxylic acids is 1. The van der Waals surface area contributed by atoms with E-state index in [-0.39, 0.29) is 36.3 Å². The number of aromatic nitrogens is 1. The van der Waals surface area contributed by atoms with Crippen molar-refractivity contribution < 1.29 is 29.3 Å². The fourth-order valence-corrected chi connectivity index (χ4v) is 5.04. The highest BCUT2D eigenvalue weighted by Crippen LogP contribution is 2.24. The van der Waals surface area contributed by atoms with Gasteiger partial charge in [0.1, 0.15) is 17.1 Å². The Bertz CT molecular complexity index is 1480. The van der Waals surface area contributed by atoms with E-state index in [1.54, 1.807) is 18.2 Å². The largest absolute Gasteiger partial charge is 0.490 e. The lowest BCUT2D eigenvalue weighted by atomic mass is 10.0. The number of rotatable bonds is 10. The summed E-state index contributed by atoms with van der Waals surface area (Å²) in [7, 11) is 0. The van der Waals surface area contributed by atoms with Crippen molar-refractivity contribution in [2.45, 2.75) is 52.4 Å². The quantitative estimate of drug-likeness (QED) is 0.134. The van der Waals surface area contributed by atoms with Crippen LogP contribution in [0.2, 0.25) is 0 Å². The Labute approximate surface area is 267 Å². The lowest BCUT2D eigenvalue weighted by Crippen LogP contribution is -2.39. The highest BCUT2D eigenvalue weighted by atomic mass is 127. The summed E-state index contributed by atoms with van der Waals surface area (Å²) in [5, 5.41) is 22.8. The van der Waals surface area contributed by atoms with E-state index in [2.05, 4.69) is 55.5 Å². The van der Waals surface area contributed by atoms with E-state index in [1.165, 1.54) is 0 Å². The molecule has 0 saturated heterocycles. The van der Waals surface area contributed by atoms with Gasteiger partial charge in [0.05, 0.1) is 30.4 Å². The molecule has 4 N–H and O–H groups in total. The second kappa shape index (κ2) is 15.4. The molecule has 1 heterocycles. The predicted octanol–water partition coefficient (Wildman–Crippen LogP) is 6.67. The van der Waals surface area contributed by atoms with Gasteiger partial charge in [-0.05, 0) is 127 Å². The van der Waals surface area contributed by atoms with Crippen molar-refractivity contribution in [3.05, 3.63) is 90.7 Å². The van der Waals surface area contributed by atoms with Crippen LogP contribution in [0.1, 0.15) is 54.0 Å². The Morgan fingerprint density at radius 1 is 0.878 bits per heavy atom. The molecular formula is C31H34I2N2O6. The normalized spacial score (nSPS) is 11.6. The highest BCUT2D eigenvalue weighted by molar-refractivity contribution is 14.1. The zero-order valence-electron chi connectivity index (χ0n) is 23.3. The SMILES string of the molecule is CC(C)Oc1ccc(I)cc1C(=O)N[C@@H](CO)Cc1c[nH]c2ccccc12.CC(C)Oc1ccc(I)cc1C(=O)O. The molecule has 0 bridgehead atoms. The van der Waals surface area contributed by atoms with Gasteiger partial charge in [-0.25, -0.2) is 4.79 Å². The van der Waals surface area contributed by atoms with Crippen LogP contribution < -0.4 is 14.8 Å². The molecule has 1 aromatic heterocycles. The fourth-order valence-electron chi connectivity index (χ4n) is 4.05. The summed E-state index contributed by atoms with van der Waals surface area (Å²) in [6.45, 7) is 7.43. The highest BCUT2D eigenvalue weighted by Gasteiger charge is 2.19. The van der Waals surface area contributed by atoms with Gasteiger partial charge in [0.25, 0.3) is 5.91 Å². The lowest BCUT2D eigenvalue weighted by Gasteiger charge is -2.19. The van der Waals surface area contributed by atoms with Gasteiger partial charge in [-0.15, -0.1) is 0 Å². The number of hydrogen-bond acceptors (Lipinski definition) is 5. The molecule has 3 aromatic carbocycles. The molecule has 4 rings (SSSR count). The third-order valence-corrected chi connectivity index (χ3v) is 7.12. The summed E-state index contributed by atoms with van der Waals surface area (Å²) in [4.78, 5) is 26.9. The molecular weight excluding hydrogens is 750 g/mol. The molecule has 0 aliphatic carbocycles. The van der Waals surface area contributed by atoms with Crippen LogP contribution in [-0.4, -0.2) is 51.9 Å². The molecule has 0 saturated carbocycles. The summed E-state index contributed by atoms with van der Waals surface area (Å²) in [5.74, 6) is -0.234. The van der Waals surface area contributed by atoms with E-state index in [0.29, 0.717) is 23.5 Å². The summed E-state index contributed by atoms with van der Waals surface area (Å²) in [5.41, 5.74) is 2.80. The number of nitrogens with one attached hydrogen (secondary N) is 2. The molecule has 41 heavy (non-hydrogen) atoms. The Kier molecular flexibility index (Phi) is 12.3. The maximum Gasteiger partial charge on any atom is 0.339 e. The molecule has 0 aliphatic rings. The summed E-state index contributed by atoms with van der Waals surface area (Å²) in [6, 6.07) is 18.2. The minimum absolute atomic E-state index is 0.0202. The van der Waals surface area contributed by atoms with Crippen LogP contribution in [0.25, 0.3) is 10.9 Å². The van der Waals surface area contributed by atoms with E-state index in [9.17, 15) is 14.7 Å². The Hall–Kier alpha value is -2.84. The predicted molar refractivity (Wildman–Crippen MR) is 177 cm³/mol. The number of para-hydroxylation sites is 1. The van der Waals surface area contributed by atoms with Crippen LogP contribution in [0.4, 0.5) is 0 Å². The van der Waals surface area contributed by atoms with Gasteiger partial charge < -0.3 is 30.0 Å². The van der Waals surface area contributed by atoms with Gasteiger partial charge in [-0.1, -0.05) is 18.2 Å². The molecule has 0 spiro atoms. The first-order chi connectivity index (χ1) is 19.5. The molecule has 8 nitrogen and oxygen atoms in total. The topological polar surface area (TPSA) is 121 Å². The lowest BCUT2D eigenvalue weighted by molar-refractivity contribution is 0.0690. The second-order valence-electron chi connectivity index (χ2n) is 9.84. The van der Waals surface area contributed by atoms with E-state index in [4.69, 9.17) is 14.6 Å². The first-order valence-corrected chi connectivity index (χ1v) is 15.3. The average molecular weight is 784 g/mol. The van der Waals surface area contributed by atoms with Gasteiger partial charge in [-0.2, -0.15) is 0 Å². The van der Waals surface area contributed by atoms with Crippen LogP contribution in [0.15, 0.2) is 66.9 Å². The van der Waals surface area contributed by atoms with Crippen LogP contribution in [0.5, 0.6) is 11.5 Å². The number of aromatic carboxylic acids is 1. The van der Waals surface area contributed by atoms with E-state index in [1.807, 2.05) is 76.4 Å². The van der Waals surface area contributed by atoms with Crippen molar-refractivity contribution in [1.82, 2.24) is 10.3 Å². The van der Waals surface area contributed by atoms with Gasteiger partial charge >= 0.3 is 5.97 Å². The molecule has 4 aromatic rings. The van der Waals surface area contributed by atoms with Crippen molar-refractivity contribution in [3.63, 3.8) is 0 Å². The Morgan fingerprint density at radius 2 is 1.44 bits per heavy atom. The van der Waals surface area contributed by atoms with E-state index < -0.39 is 5.97 Å². The number of ether oxygens (including phenoxy) is 2. The summed E-state index contributed by atoms with van der Waals surface area (Å²) < 4.78 is 13.0. The third-order valence-electron chi connectivity index (χ3n) is 5.78. The zero-order valence-corrected chi connectivity index (χ0v) is 27.6. The average Bonchev–Trinajstić information content (AvgIpc) is 3.32. The summed E-state index contributed by atoms with van der Waals surface area (Å²) in [6.07, 6.45) is 2.42. The molecule has 0 radical (unpaired) electrons. The van der Waals surface area contributed by atoms with E-state index >= 15 is 0 Å². The number of hydrogen-bond donors (Lipinski definition) is 4. The number of carboxylic acid groups (broad SMARTS) is 1. The number of amides is 1. The van der Waals surface area contributed by atoms with Crippen LogP contribution in [-0.2, 0) is 6.42 Å². The molecule has 1 amide bonds. The smallest absolute Gasteiger partial charge is 0.339 e. The second-order valence-corrected chi connectivity index (χ2v) is 12.3. The number of halogens is 2.